The highest BCUT2D eigenvalue weighted by Gasteiger charge is 2.51. The topological polar surface area (TPSA) is 26.3 Å². The van der Waals surface area contributed by atoms with Gasteiger partial charge in [-0.05, 0) is 26.7 Å². The molecule has 78 valence electrons. The molecule has 0 bridgehead atoms. The first kappa shape index (κ1) is 9.75. The molecule has 1 heterocycles. The first-order valence-electron chi connectivity index (χ1n) is 5.51. The van der Waals surface area contributed by atoms with Crippen molar-refractivity contribution in [2.24, 2.45) is 11.8 Å². The van der Waals surface area contributed by atoms with Crippen molar-refractivity contribution in [3.63, 3.8) is 0 Å². The molecule has 14 heavy (non-hydrogen) atoms. The second-order valence-electron chi connectivity index (χ2n) is 4.62. The lowest BCUT2D eigenvalue weighted by atomic mass is 9.69. The summed E-state index contributed by atoms with van der Waals surface area (Å²) >= 11 is 0. The van der Waals surface area contributed by atoms with Gasteiger partial charge in [0.05, 0.1) is 6.42 Å². The van der Waals surface area contributed by atoms with Gasteiger partial charge in [-0.25, -0.2) is 0 Å². The van der Waals surface area contributed by atoms with Crippen LogP contribution in [0.5, 0.6) is 0 Å². The van der Waals surface area contributed by atoms with Crippen LogP contribution in [0.2, 0.25) is 0 Å². The van der Waals surface area contributed by atoms with Gasteiger partial charge in [0, 0.05) is 11.8 Å². The van der Waals surface area contributed by atoms with E-state index >= 15 is 0 Å². The van der Waals surface area contributed by atoms with Crippen molar-refractivity contribution in [1.82, 2.24) is 0 Å². The molecular weight excluding hydrogens is 176 g/mol. The van der Waals surface area contributed by atoms with E-state index in [-0.39, 0.29) is 11.6 Å². The summed E-state index contributed by atoms with van der Waals surface area (Å²) in [4.78, 5) is 11.3. The van der Waals surface area contributed by atoms with E-state index in [1.54, 1.807) is 0 Å². The van der Waals surface area contributed by atoms with Gasteiger partial charge in [0.25, 0.3) is 0 Å². The lowest BCUT2D eigenvalue weighted by molar-refractivity contribution is -0.152. The van der Waals surface area contributed by atoms with Crippen LogP contribution in [0.15, 0.2) is 12.2 Å². The van der Waals surface area contributed by atoms with Crippen LogP contribution < -0.4 is 0 Å². The van der Waals surface area contributed by atoms with Gasteiger partial charge in [-0.3, -0.25) is 4.79 Å². The summed E-state index contributed by atoms with van der Waals surface area (Å²) in [6.07, 6.45) is 8.44. The molecule has 3 atom stereocenters. The van der Waals surface area contributed by atoms with Gasteiger partial charge in [-0.2, -0.15) is 0 Å². The molecule has 0 aromatic rings. The molecule has 0 amide bonds. The zero-order chi connectivity index (χ0) is 10.2. The molecule has 1 aliphatic carbocycles. The molecule has 0 N–H and O–H groups in total. The Bertz CT molecular complexity index is 269. The van der Waals surface area contributed by atoms with Crippen molar-refractivity contribution in [3.05, 3.63) is 12.2 Å². The van der Waals surface area contributed by atoms with Crippen LogP contribution in [0.1, 0.15) is 39.5 Å². The van der Waals surface area contributed by atoms with Crippen LogP contribution >= 0.6 is 0 Å². The maximum absolute atomic E-state index is 11.3. The van der Waals surface area contributed by atoms with Gasteiger partial charge in [0.1, 0.15) is 5.60 Å². The summed E-state index contributed by atoms with van der Waals surface area (Å²) in [6.45, 7) is 4.14. The van der Waals surface area contributed by atoms with Gasteiger partial charge in [0.2, 0.25) is 0 Å². The molecule has 0 radical (unpaired) electrons. The Hall–Kier alpha value is -0.790. The minimum absolute atomic E-state index is 0.00565. The molecule has 1 saturated heterocycles. The van der Waals surface area contributed by atoms with Gasteiger partial charge < -0.3 is 4.74 Å². The standard InChI is InChI=1S/C12H18O2/c1-3-5-9-6-4-7-10-8-11(13)14-12(9,10)2/h3,5,9-10H,4,6-8H2,1-2H3/b5-3+/t9?,10?,12-/m0/s1. The molecule has 2 aliphatic rings. The van der Waals surface area contributed by atoms with Crippen LogP contribution in [0.3, 0.4) is 0 Å². The van der Waals surface area contributed by atoms with E-state index in [9.17, 15) is 4.79 Å². The predicted molar refractivity (Wildman–Crippen MR) is 54.8 cm³/mol. The van der Waals surface area contributed by atoms with Crippen LogP contribution in [0, 0.1) is 11.8 Å². The Balaban J connectivity index is 2.24. The zero-order valence-electron chi connectivity index (χ0n) is 8.95. The first-order valence-corrected chi connectivity index (χ1v) is 5.51. The van der Waals surface area contributed by atoms with E-state index in [4.69, 9.17) is 4.74 Å². The number of ether oxygens (including phenoxy) is 1. The lowest BCUT2D eigenvalue weighted by Crippen LogP contribution is -2.42. The highest BCUT2D eigenvalue weighted by molar-refractivity contribution is 5.73. The highest BCUT2D eigenvalue weighted by Crippen LogP contribution is 2.47. The maximum Gasteiger partial charge on any atom is 0.306 e. The molecular formula is C12H18O2. The molecule has 0 aromatic heterocycles. The number of rotatable bonds is 1. The summed E-state index contributed by atoms with van der Waals surface area (Å²) in [5.41, 5.74) is -0.207. The summed E-state index contributed by atoms with van der Waals surface area (Å²) in [6, 6.07) is 0. The van der Waals surface area contributed by atoms with Crippen molar-refractivity contribution >= 4 is 5.97 Å². The minimum atomic E-state index is -0.207. The summed E-state index contributed by atoms with van der Waals surface area (Å²) in [7, 11) is 0. The number of carbonyl (C=O) groups excluding carboxylic acids is 1. The van der Waals surface area contributed by atoms with Crippen LogP contribution in [0.25, 0.3) is 0 Å². The normalized spacial score (nSPS) is 42.6. The first-order chi connectivity index (χ1) is 6.66. The predicted octanol–water partition coefficient (Wildman–Crippen LogP) is 2.68. The second-order valence-corrected chi connectivity index (χ2v) is 4.62. The Morgan fingerprint density at radius 1 is 1.50 bits per heavy atom. The quantitative estimate of drug-likeness (QED) is 0.474. The van der Waals surface area contributed by atoms with Gasteiger partial charge in [-0.15, -0.1) is 0 Å². The fraction of sp³-hybridized carbons (Fsp3) is 0.750. The van der Waals surface area contributed by atoms with Crippen LogP contribution in [0.4, 0.5) is 0 Å². The van der Waals surface area contributed by atoms with E-state index in [0.29, 0.717) is 18.3 Å². The van der Waals surface area contributed by atoms with Crippen LogP contribution in [-0.4, -0.2) is 11.6 Å². The third-order valence-electron chi connectivity index (χ3n) is 3.79. The average Bonchev–Trinajstić information content (AvgIpc) is 2.42. The molecule has 2 unspecified atom stereocenters. The smallest absolute Gasteiger partial charge is 0.306 e. The number of allylic oxidation sites excluding steroid dienone is 1. The molecule has 0 spiro atoms. The van der Waals surface area contributed by atoms with E-state index in [1.807, 2.05) is 6.92 Å². The number of esters is 1. The van der Waals surface area contributed by atoms with Crippen molar-refractivity contribution in [2.75, 3.05) is 0 Å². The zero-order valence-corrected chi connectivity index (χ0v) is 8.95. The van der Waals surface area contributed by atoms with Crippen molar-refractivity contribution in [2.45, 2.75) is 45.1 Å². The van der Waals surface area contributed by atoms with Gasteiger partial charge in [-0.1, -0.05) is 18.6 Å². The molecule has 2 heteroatoms. The second kappa shape index (κ2) is 3.41. The third kappa shape index (κ3) is 1.37. The molecule has 2 rings (SSSR count). The monoisotopic (exact) mass is 194 g/mol. The summed E-state index contributed by atoms with van der Waals surface area (Å²) in [5, 5.41) is 0. The fourth-order valence-corrected chi connectivity index (χ4v) is 2.93. The molecule has 1 aliphatic heterocycles. The maximum atomic E-state index is 11.3. The lowest BCUT2D eigenvalue weighted by Gasteiger charge is -2.39. The third-order valence-corrected chi connectivity index (χ3v) is 3.79. The largest absolute Gasteiger partial charge is 0.458 e. The summed E-state index contributed by atoms with van der Waals surface area (Å²) in [5.74, 6) is 0.872. The SMILES string of the molecule is C/C=C/C1CCCC2CC(=O)O[C@@]12C. The van der Waals surface area contributed by atoms with Gasteiger partial charge in [0.15, 0.2) is 0 Å². The molecule has 0 aromatic carbocycles. The van der Waals surface area contributed by atoms with Crippen molar-refractivity contribution in [1.29, 1.82) is 0 Å². The van der Waals surface area contributed by atoms with E-state index in [0.717, 1.165) is 12.8 Å². The number of carbonyl (C=O) groups is 1. The molecule has 2 fully saturated rings. The van der Waals surface area contributed by atoms with E-state index < -0.39 is 0 Å². The Labute approximate surface area is 85.3 Å². The average molecular weight is 194 g/mol. The fourth-order valence-electron chi connectivity index (χ4n) is 2.93. The number of hydrogen-bond donors (Lipinski definition) is 0. The van der Waals surface area contributed by atoms with Gasteiger partial charge >= 0.3 is 5.97 Å². The molecule has 1 saturated carbocycles. The Morgan fingerprint density at radius 3 is 3.00 bits per heavy atom. The minimum Gasteiger partial charge on any atom is -0.458 e. The highest BCUT2D eigenvalue weighted by atomic mass is 16.6. The Kier molecular flexibility index (Phi) is 2.38. The van der Waals surface area contributed by atoms with Crippen molar-refractivity contribution < 1.29 is 9.53 Å². The number of fused-ring (bicyclic) bond motifs is 1. The van der Waals surface area contributed by atoms with E-state index in [2.05, 4.69) is 19.1 Å². The van der Waals surface area contributed by atoms with E-state index in [1.165, 1.54) is 6.42 Å². The number of hydrogen-bond acceptors (Lipinski definition) is 2. The summed E-state index contributed by atoms with van der Waals surface area (Å²) < 4.78 is 5.53. The molecule has 2 nitrogen and oxygen atoms in total. The van der Waals surface area contributed by atoms with Crippen LogP contribution in [-0.2, 0) is 9.53 Å². The Morgan fingerprint density at radius 2 is 2.29 bits per heavy atom. The van der Waals surface area contributed by atoms with Crippen molar-refractivity contribution in [3.8, 4) is 0 Å².